The third kappa shape index (κ3) is 4.18. The Labute approximate surface area is 126 Å². The van der Waals surface area contributed by atoms with Gasteiger partial charge in [-0.25, -0.2) is 0 Å². The lowest BCUT2D eigenvalue weighted by molar-refractivity contribution is -0.128. The van der Waals surface area contributed by atoms with Gasteiger partial charge in [-0.15, -0.1) is 0 Å². The monoisotopic (exact) mass is 285 g/mol. The van der Waals surface area contributed by atoms with Gasteiger partial charge in [0.2, 0.25) is 5.91 Å². The van der Waals surface area contributed by atoms with Gasteiger partial charge in [0, 0.05) is 30.8 Å². The van der Waals surface area contributed by atoms with Crippen molar-refractivity contribution in [3.8, 4) is 11.1 Å². The summed E-state index contributed by atoms with van der Waals surface area (Å²) >= 11 is 0. The van der Waals surface area contributed by atoms with Crippen LogP contribution in [0.25, 0.3) is 11.1 Å². The first-order valence-electron chi connectivity index (χ1n) is 7.22. The molecular formula is C17H23N3O. The number of hydrogen-bond donors (Lipinski definition) is 1. The molecule has 112 valence electrons. The number of carbonyl (C=O) groups is 1. The van der Waals surface area contributed by atoms with Crippen molar-refractivity contribution in [2.75, 3.05) is 6.54 Å². The Hall–Kier alpha value is -2.10. The van der Waals surface area contributed by atoms with E-state index in [2.05, 4.69) is 34.7 Å². The van der Waals surface area contributed by atoms with E-state index in [1.807, 2.05) is 40.2 Å². The maximum atomic E-state index is 11.8. The Morgan fingerprint density at radius 1 is 1.19 bits per heavy atom. The van der Waals surface area contributed by atoms with Crippen molar-refractivity contribution in [2.45, 2.75) is 27.2 Å². The van der Waals surface area contributed by atoms with E-state index in [9.17, 15) is 4.79 Å². The Morgan fingerprint density at radius 3 is 2.38 bits per heavy atom. The summed E-state index contributed by atoms with van der Waals surface area (Å²) in [4.78, 5) is 11.8. The van der Waals surface area contributed by atoms with Crippen LogP contribution in [-0.4, -0.2) is 22.2 Å². The van der Waals surface area contributed by atoms with E-state index in [4.69, 9.17) is 0 Å². The molecule has 0 radical (unpaired) electrons. The zero-order valence-corrected chi connectivity index (χ0v) is 13.2. The maximum Gasteiger partial charge on any atom is 0.225 e. The summed E-state index contributed by atoms with van der Waals surface area (Å²) in [7, 11) is 1.91. The fraction of sp³-hybridized carbons (Fsp3) is 0.412. The number of carbonyl (C=O) groups excluding carboxylic acids is 1. The number of benzene rings is 1. The van der Waals surface area contributed by atoms with Crippen molar-refractivity contribution in [3.05, 3.63) is 42.2 Å². The van der Waals surface area contributed by atoms with E-state index in [0.29, 0.717) is 6.54 Å². The Bertz CT molecular complexity index is 606. The molecule has 4 nitrogen and oxygen atoms in total. The second-order valence-corrected chi connectivity index (χ2v) is 6.36. The largest absolute Gasteiger partial charge is 0.355 e. The molecule has 0 aliphatic heterocycles. The molecule has 0 fully saturated rings. The summed E-state index contributed by atoms with van der Waals surface area (Å²) in [5.74, 6) is 0.0921. The number of nitrogens with zero attached hydrogens (tertiary/aromatic N) is 2. The minimum Gasteiger partial charge on any atom is -0.355 e. The van der Waals surface area contributed by atoms with Crippen LogP contribution in [0, 0.1) is 5.41 Å². The molecule has 0 bridgehead atoms. The highest BCUT2D eigenvalue weighted by Crippen LogP contribution is 2.19. The van der Waals surface area contributed by atoms with Crippen LogP contribution < -0.4 is 5.32 Å². The summed E-state index contributed by atoms with van der Waals surface area (Å²) in [6, 6.07) is 8.40. The average molecular weight is 285 g/mol. The van der Waals surface area contributed by atoms with Crippen molar-refractivity contribution in [1.82, 2.24) is 15.1 Å². The summed E-state index contributed by atoms with van der Waals surface area (Å²) in [5.41, 5.74) is 3.16. The molecule has 2 aromatic rings. The van der Waals surface area contributed by atoms with Gasteiger partial charge >= 0.3 is 0 Å². The Kier molecular flexibility index (Phi) is 4.46. The molecule has 2 rings (SSSR count). The van der Waals surface area contributed by atoms with Gasteiger partial charge in [0.05, 0.1) is 6.20 Å². The standard InChI is InChI=1S/C17H23N3O/c1-17(2,3)16(21)18-10-9-13-5-7-14(8-6-13)15-11-19-20(4)12-15/h5-8,11-12H,9-10H2,1-4H3,(H,18,21). The minimum absolute atomic E-state index is 0.0921. The second-order valence-electron chi connectivity index (χ2n) is 6.36. The van der Waals surface area contributed by atoms with Crippen LogP contribution in [0.15, 0.2) is 36.7 Å². The third-order valence-corrected chi connectivity index (χ3v) is 3.37. The summed E-state index contributed by atoms with van der Waals surface area (Å²) in [5, 5.41) is 7.15. The lowest BCUT2D eigenvalue weighted by atomic mass is 9.95. The predicted molar refractivity (Wildman–Crippen MR) is 84.8 cm³/mol. The van der Waals surface area contributed by atoms with Crippen LogP contribution in [0.1, 0.15) is 26.3 Å². The fourth-order valence-electron chi connectivity index (χ4n) is 2.02. The minimum atomic E-state index is -0.329. The van der Waals surface area contributed by atoms with Crippen molar-refractivity contribution < 1.29 is 4.79 Å². The molecule has 4 heteroatoms. The van der Waals surface area contributed by atoms with Crippen LogP contribution in [0.2, 0.25) is 0 Å². The summed E-state index contributed by atoms with van der Waals surface area (Å²) in [6.45, 7) is 6.43. The van der Waals surface area contributed by atoms with E-state index in [-0.39, 0.29) is 11.3 Å². The van der Waals surface area contributed by atoms with Gasteiger partial charge in [-0.1, -0.05) is 45.0 Å². The van der Waals surface area contributed by atoms with Gasteiger partial charge in [-0.3, -0.25) is 9.48 Å². The highest BCUT2D eigenvalue weighted by molar-refractivity contribution is 5.81. The van der Waals surface area contributed by atoms with Crippen molar-refractivity contribution in [1.29, 1.82) is 0 Å². The fourth-order valence-corrected chi connectivity index (χ4v) is 2.02. The topological polar surface area (TPSA) is 46.9 Å². The van der Waals surface area contributed by atoms with Gasteiger partial charge in [-0.05, 0) is 17.5 Å². The third-order valence-electron chi connectivity index (χ3n) is 3.37. The molecule has 1 amide bonds. The van der Waals surface area contributed by atoms with Gasteiger partial charge in [0.1, 0.15) is 0 Å². The van der Waals surface area contributed by atoms with E-state index in [1.54, 1.807) is 4.68 Å². The zero-order valence-electron chi connectivity index (χ0n) is 13.2. The van der Waals surface area contributed by atoms with E-state index in [1.165, 1.54) is 5.56 Å². The lowest BCUT2D eigenvalue weighted by Gasteiger charge is -2.17. The van der Waals surface area contributed by atoms with Gasteiger partial charge < -0.3 is 5.32 Å². The first kappa shape index (κ1) is 15.3. The number of hydrogen-bond acceptors (Lipinski definition) is 2. The Morgan fingerprint density at radius 2 is 1.86 bits per heavy atom. The van der Waals surface area contributed by atoms with E-state index >= 15 is 0 Å². The first-order chi connectivity index (χ1) is 9.86. The van der Waals surface area contributed by atoms with E-state index < -0.39 is 0 Å². The number of nitrogens with one attached hydrogen (secondary N) is 1. The summed E-state index contributed by atoms with van der Waals surface area (Å²) in [6.07, 6.45) is 4.70. The quantitative estimate of drug-likeness (QED) is 0.939. The van der Waals surface area contributed by atoms with Crippen molar-refractivity contribution >= 4 is 5.91 Å². The molecule has 0 saturated carbocycles. The molecule has 0 aliphatic carbocycles. The predicted octanol–water partition coefficient (Wildman–Crippen LogP) is 2.79. The molecule has 1 N–H and O–H groups in total. The number of aromatic nitrogens is 2. The second kappa shape index (κ2) is 6.12. The zero-order chi connectivity index (χ0) is 15.5. The van der Waals surface area contributed by atoms with Gasteiger partial charge in [-0.2, -0.15) is 5.10 Å². The molecule has 0 aliphatic rings. The molecule has 0 atom stereocenters. The van der Waals surface area contributed by atoms with E-state index in [0.717, 1.165) is 17.5 Å². The molecule has 1 aromatic heterocycles. The molecule has 21 heavy (non-hydrogen) atoms. The molecular weight excluding hydrogens is 262 g/mol. The molecule has 0 spiro atoms. The number of amides is 1. The molecule has 0 saturated heterocycles. The van der Waals surface area contributed by atoms with Crippen molar-refractivity contribution in [2.24, 2.45) is 12.5 Å². The van der Waals surface area contributed by atoms with Gasteiger partial charge in [0.25, 0.3) is 0 Å². The number of aryl methyl sites for hydroxylation is 1. The lowest BCUT2D eigenvalue weighted by Crippen LogP contribution is -2.35. The van der Waals surface area contributed by atoms with Crippen LogP contribution in [-0.2, 0) is 18.3 Å². The Balaban J connectivity index is 1.90. The maximum absolute atomic E-state index is 11.8. The summed E-state index contributed by atoms with van der Waals surface area (Å²) < 4.78 is 1.80. The SMILES string of the molecule is Cn1cc(-c2ccc(CCNC(=O)C(C)(C)C)cc2)cn1. The van der Waals surface area contributed by atoms with Crippen LogP contribution in [0.4, 0.5) is 0 Å². The molecule has 1 heterocycles. The van der Waals surface area contributed by atoms with Crippen LogP contribution >= 0.6 is 0 Å². The normalized spacial score (nSPS) is 11.4. The highest BCUT2D eigenvalue weighted by Gasteiger charge is 2.20. The van der Waals surface area contributed by atoms with Crippen molar-refractivity contribution in [3.63, 3.8) is 0 Å². The molecule has 0 unspecified atom stereocenters. The molecule has 1 aromatic carbocycles. The highest BCUT2D eigenvalue weighted by atomic mass is 16.2. The van der Waals surface area contributed by atoms with Crippen LogP contribution in [0.5, 0.6) is 0 Å². The number of rotatable bonds is 4. The van der Waals surface area contributed by atoms with Crippen LogP contribution in [0.3, 0.4) is 0 Å². The first-order valence-corrected chi connectivity index (χ1v) is 7.22. The van der Waals surface area contributed by atoms with Gasteiger partial charge in [0.15, 0.2) is 0 Å². The smallest absolute Gasteiger partial charge is 0.225 e. The average Bonchev–Trinajstić information content (AvgIpc) is 2.85.